The van der Waals surface area contributed by atoms with E-state index in [2.05, 4.69) is 9.97 Å². The van der Waals surface area contributed by atoms with Crippen LogP contribution in [0.4, 0.5) is 0 Å². The highest BCUT2D eigenvalue weighted by molar-refractivity contribution is 7.91. The number of para-hydroxylation sites is 1. The van der Waals surface area contributed by atoms with Crippen LogP contribution < -0.4 is 0 Å². The number of H-pyrrole nitrogens is 1. The van der Waals surface area contributed by atoms with Crippen molar-refractivity contribution in [2.24, 2.45) is 0 Å². The van der Waals surface area contributed by atoms with Gasteiger partial charge in [-0.2, -0.15) is 0 Å². The number of imidazole rings is 1. The van der Waals surface area contributed by atoms with Gasteiger partial charge in [0.15, 0.2) is 9.84 Å². The molecule has 0 saturated carbocycles. The van der Waals surface area contributed by atoms with Gasteiger partial charge in [0, 0.05) is 6.26 Å². The molecular formula is C13H18N2O3S. The van der Waals surface area contributed by atoms with Crippen molar-refractivity contribution < 1.29 is 13.2 Å². The maximum absolute atomic E-state index is 11.7. The molecule has 104 valence electrons. The molecule has 0 fully saturated rings. The first kappa shape index (κ1) is 14.0. The number of ether oxygens (including phenoxy) is 1. The molecule has 2 rings (SSSR count). The average molecular weight is 282 g/mol. The van der Waals surface area contributed by atoms with E-state index >= 15 is 0 Å². The number of aromatic nitrogens is 2. The lowest BCUT2D eigenvalue weighted by Gasteiger charge is -2.18. The second-order valence-corrected chi connectivity index (χ2v) is 7.49. The average Bonchev–Trinajstić information content (AvgIpc) is 2.66. The fourth-order valence-electron chi connectivity index (χ4n) is 1.71. The van der Waals surface area contributed by atoms with Gasteiger partial charge in [-0.05, 0) is 32.9 Å². The molecule has 0 aliphatic carbocycles. The third-order valence-corrected chi connectivity index (χ3v) is 3.69. The zero-order valence-electron chi connectivity index (χ0n) is 11.5. The number of hydrogen-bond donors (Lipinski definition) is 1. The molecule has 0 unspecified atom stereocenters. The number of fused-ring (bicyclic) bond motifs is 1. The van der Waals surface area contributed by atoms with E-state index in [0.29, 0.717) is 23.5 Å². The SMILES string of the molecule is CC(C)(C)OCc1nc2c(S(C)(=O)=O)cccc2[nH]1. The Hall–Kier alpha value is -1.40. The van der Waals surface area contributed by atoms with Gasteiger partial charge in [0.05, 0.1) is 16.0 Å². The molecule has 5 nitrogen and oxygen atoms in total. The largest absolute Gasteiger partial charge is 0.368 e. The number of hydrogen-bond acceptors (Lipinski definition) is 4. The summed E-state index contributed by atoms with van der Waals surface area (Å²) in [4.78, 5) is 7.64. The fraction of sp³-hybridized carbons (Fsp3) is 0.462. The second kappa shape index (κ2) is 4.61. The minimum Gasteiger partial charge on any atom is -0.368 e. The van der Waals surface area contributed by atoms with Crippen LogP contribution in [-0.2, 0) is 21.2 Å². The number of rotatable bonds is 3. The summed E-state index contributed by atoms with van der Waals surface area (Å²) in [5, 5.41) is 0. The zero-order valence-corrected chi connectivity index (χ0v) is 12.3. The van der Waals surface area contributed by atoms with E-state index in [0.717, 1.165) is 0 Å². The molecule has 0 saturated heterocycles. The van der Waals surface area contributed by atoms with Gasteiger partial charge in [-0.3, -0.25) is 0 Å². The van der Waals surface area contributed by atoms with Crippen LogP contribution in [0.15, 0.2) is 23.1 Å². The predicted octanol–water partition coefficient (Wildman–Crippen LogP) is 2.28. The summed E-state index contributed by atoms with van der Waals surface area (Å²) in [7, 11) is -3.28. The van der Waals surface area contributed by atoms with Crippen LogP contribution in [-0.4, -0.2) is 30.2 Å². The number of benzene rings is 1. The molecule has 6 heteroatoms. The molecule has 0 atom stereocenters. The Kier molecular flexibility index (Phi) is 3.40. The topological polar surface area (TPSA) is 72.0 Å². The lowest BCUT2D eigenvalue weighted by Crippen LogP contribution is -2.19. The molecule has 1 aromatic heterocycles. The van der Waals surface area contributed by atoms with Crippen molar-refractivity contribution in [3.63, 3.8) is 0 Å². The van der Waals surface area contributed by atoms with Crippen molar-refractivity contribution >= 4 is 20.9 Å². The number of sulfone groups is 1. The molecule has 0 amide bonds. The third kappa shape index (κ3) is 3.33. The van der Waals surface area contributed by atoms with Gasteiger partial charge in [-0.25, -0.2) is 13.4 Å². The van der Waals surface area contributed by atoms with Crippen LogP contribution >= 0.6 is 0 Å². The second-order valence-electron chi connectivity index (χ2n) is 5.51. The molecule has 19 heavy (non-hydrogen) atoms. The third-order valence-electron chi connectivity index (χ3n) is 2.57. The van der Waals surface area contributed by atoms with E-state index in [-0.39, 0.29) is 10.5 Å². The minimum absolute atomic E-state index is 0.239. The Morgan fingerprint density at radius 1 is 1.32 bits per heavy atom. The summed E-state index contributed by atoms with van der Waals surface area (Å²) in [6, 6.07) is 5.07. The fourth-order valence-corrected chi connectivity index (χ4v) is 2.54. The van der Waals surface area contributed by atoms with Gasteiger partial charge in [0.25, 0.3) is 0 Å². The summed E-state index contributed by atoms with van der Waals surface area (Å²) in [6.45, 7) is 6.19. The van der Waals surface area contributed by atoms with Crippen LogP contribution in [0.2, 0.25) is 0 Å². The maximum atomic E-state index is 11.7. The van der Waals surface area contributed by atoms with E-state index in [4.69, 9.17) is 4.74 Å². The van der Waals surface area contributed by atoms with Gasteiger partial charge >= 0.3 is 0 Å². The van der Waals surface area contributed by atoms with Crippen LogP contribution in [0.3, 0.4) is 0 Å². The lowest BCUT2D eigenvalue weighted by atomic mass is 10.2. The van der Waals surface area contributed by atoms with E-state index in [1.807, 2.05) is 20.8 Å². The first-order chi connectivity index (χ1) is 8.67. The first-order valence-electron chi connectivity index (χ1n) is 5.98. The van der Waals surface area contributed by atoms with E-state index in [1.165, 1.54) is 6.26 Å². The van der Waals surface area contributed by atoms with Crippen molar-refractivity contribution in [1.82, 2.24) is 9.97 Å². The Bertz CT molecular complexity index is 696. The molecule has 1 aromatic carbocycles. The normalized spacial score (nSPS) is 13.1. The smallest absolute Gasteiger partial charge is 0.177 e. The molecule has 2 aromatic rings. The molecule has 0 aliphatic rings. The van der Waals surface area contributed by atoms with Crippen molar-refractivity contribution in [1.29, 1.82) is 0 Å². The Morgan fingerprint density at radius 3 is 2.58 bits per heavy atom. The van der Waals surface area contributed by atoms with Crippen molar-refractivity contribution in [3.8, 4) is 0 Å². The van der Waals surface area contributed by atoms with Gasteiger partial charge in [0.2, 0.25) is 0 Å². The predicted molar refractivity (Wildman–Crippen MR) is 73.7 cm³/mol. The molecular weight excluding hydrogens is 264 g/mol. The summed E-state index contributed by atoms with van der Waals surface area (Å²) in [5.74, 6) is 0.626. The molecule has 0 aliphatic heterocycles. The van der Waals surface area contributed by atoms with Crippen molar-refractivity contribution in [3.05, 3.63) is 24.0 Å². The van der Waals surface area contributed by atoms with E-state index in [9.17, 15) is 8.42 Å². The molecule has 1 N–H and O–H groups in total. The van der Waals surface area contributed by atoms with Crippen molar-refractivity contribution in [2.75, 3.05) is 6.26 Å². The monoisotopic (exact) mass is 282 g/mol. The number of nitrogens with zero attached hydrogens (tertiary/aromatic N) is 1. The highest BCUT2D eigenvalue weighted by Gasteiger charge is 2.16. The van der Waals surface area contributed by atoms with Gasteiger partial charge in [-0.15, -0.1) is 0 Å². The summed E-state index contributed by atoms with van der Waals surface area (Å²) in [5.41, 5.74) is 0.909. The minimum atomic E-state index is -3.28. The Balaban J connectivity index is 2.41. The Morgan fingerprint density at radius 2 is 2.00 bits per heavy atom. The first-order valence-corrected chi connectivity index (χ1v) is 7.87. The number of nitrogens with one attached hydrogen (secondary N) is 1. The lowest BCUT2D eigenvalue weighted by molar-refractivity contribution is -0.0177. The maximum Gasteiger partial charge on any atom is 0.177 e. The van der Waals surface area contributed by atoms with Crippen molar-refractivity contribution in [2.45, 2.75) is 37.9 Å². The van der Waals surface area contributed by atoms with Gasteiger partial charge in [-0.1, -0.05) is 6.07 Å². The Labute approximate surface area is 112 Å². The van der Waals surface area contributed by atoms with E-state index < -0.39 is 9.84 Å². The van der Waals surface area contributed by atoms with Crippen LogP contribution in [0.25, 0.3) is 11.0 Å². The van der Waals surface area contributed by atoms with Gasteiger partial charge < -0.3 is 9.72 Å². The molecule has 1 heterocycles. The summed E-state index contributed by atoms with van der Waals surface area (Å²) in [6.07, 6.45) is 1.18. The highest BCUT2D eigenvalue weighted by Crippen LogP contribution is 2.21. The highest BCUT2D eigenvalue weighted by atomic mass is 32.2. The molecule has 0 spiro atoms. The van der Waals surface area contributed by atoms with Gasteiger partial charge in [0.1, 0.15) is 17.9 Å². The number of aromatic amines is 1. The molecule has 0 radical (unpaired) electrons. The summed E-state index contributed by atoms with van der Waals surface area (Å²) >= 11 is 0. The van der Waals surface area contributed by atoms with Crippen LogP contribution in [0.1, 0.15) is 26.6 Å². The standard InChI is InChI=1S/C13H18N2O3S/c1-13(2,3)18-8-11-14-9-6-5-7-10(12(9)15-11)19(4,16)17/h5-7H,8H2,1-4H3,(H,14,15). The summed E-state index contributed by atoms with van der Waals surface area (Å²) < 4.78 is 29.0. The zero-order chi connectivity index (χ0) is 14.3. The quantitative estimate of drug-likeness (QED) is 0.937. The van der Waals surface area contributed by atoms with Crippen LogP contribution in [0.5, 0.6) is 0 Å². The van der Waals surface area contributed by atoms with E-state index in [1.54, 1.807) is 18.2 Å². The van der Waals surface area contributed by atoms with Crippen LogP contribution in [0, 0.1) is 0 Å². The molecule has 0 bridgehead atoms.